The van der Waals surface area contributed by atoms with Crippen LogP contribution in [0.5, 0.6) is 5.75 Å². The van der Waals surface area contributed by atoms with Crippen molar-refractivity contribution < 1.29 is 4.74 Å². The van der Waals surface area contributed by atoms with Crippen LogP contribution in [-0.4, -0.2) is 19.2 Å². The lowest BCUT2D eigenvalue weighted by molar-refractivity contribution is 0.168. The van der Waals surface area contributed by atoms with Crippen LogP contribution < -0.4 is 10.1 Å². The molecule has 2 heteroatoms. The molecule has 2 rings (SSSR count). The standard InChI is InChI=1S/C18H29NO/c1-4-14(5-2)11-17(19-6-3)16-12-15-9-7-8-10-18(15)20-13-16/h7-10,14,16-17,19H,4-6,11-13H2,1-3H3. The van der Waals surface area contributed by atoms with E-state index in [4.69, 9.17) is 4.74 Å². The summed E-state index contributed by atoms with van der Waals surface area (Å²) in [7, 11) is 0. The third-order valence-corrected chi connectivity index (χ3v) is 4.68. The van der Waals surface area contributed by atoms with Gasteiger partial charge in [-0.15, -0.1) is 0 Å². The van der Waals surface area contributed by atoms with Crippen LogP contribution in [0.15, 0.2) is 24.3 Å². The Morgan fingerprint density at radius 1 is 1.20 bits per heavy atom. The van der Waals surface area contributed by atoms with E-state index in [1.807, 2.05) is 0 Å². The number of rotatable bonds is 7. The van der Waals surface area contributed by atoms with E-state index < -0.39 is 0 Å². The Kier molecular flexibility index (Phi) is 5.90. The van der Waals surface area contributed by atoms with Crippen molar-refractivity contribution in [1.82, 2.24) is 5.32 Å². The van der Waals surface area contributed by atoms with Crippen molar-refractivity contribution in [3.8, 4) is 5.75 Å². The predicted octanol–water partition coefficient (Wildman–Crippen LogP) is 4.04. The third-order valence-electron chi connectivity index (χ3n) is 4.68. The molecule has 1 aliphatic heterocycles. The SMILES string of the molecule is CCNC(CC(CC)CC)C1COc2ccccc2C1. The Morgan fingerprint density at radius 3 is 2.65 bits per heavy atom. The summed E-state index contributed by atoms with van der Waals surface area (Å²) in [5, 5.41) is 3.70. The average Bonchev–Trinajstić information content (AvgIpc) is 2.51. The molecule has 1 N–H and O–H groups in total. The summed E-state index contributed by atoms with van der Waals surface area (Å²) in [6.07, 6.45) is 4.98. The Morgan fingerprint density at radius 2 is 1.95 bits per heavy atom. The van der Waals surface area contributed by atoms with E-state index in [1.54, 1.807) is 0 Å². The zero-order valence-corrected chi connectivity index (χ0v) is 13.2. The van der Waals surface area contributed by atoms with E-state index >= 15 is 0 Å². The number of para-hydroxylation sites is 1. The molecule has 2 atom stereocenters. The fourth-order valence-corrected chi connectivity index (χ4v) is 3.30. The summed E-state index contributed by atoms with van der Waals surface area (Å²) in [4.78, 5) is 0. The van der Waals surface area contributed by atoms with Crippen LogP contribution in [0.4, 0.5) is 0 Å². The molecule has 0 aliphatic carbocycles. The number of hydrogen-bond donors (Lipinski definition) is 1. The monoisotopic (exact) mass is 275 g/mol. The molecule has 0 saturated carbocycles. The molecule has 20 heavy (non-hydrogen) atoms. The maximum Gasteiger partial charge on any atom is 0.122 e. The van der Waals surface area contributed by atoms with E-state index in [0.717, 1.165) is 31.2 Å². The lowest BCUT2D eigenvalue weighted by Gasteiger charge is -2.34. The Labute approximate surface area is 123 Å². The van der Waals surface area contributed by atoms with Crippen LogP contribution in [0.1, 0.15) is 45.6 Å². The van der Waals surface area contributed by atoms with Gasteiger partial charge in [0, 0.05) is 12.0 Å². The normalized spacial score (nSPS) is 19.5. The predicted molar refractivity (Wildman–Crippen MR) is 85.3 cm³/mol. The van der Waals surface area contributed by atoms with Crippen molar-refractivity contribution in [2.45, 2.75) is 52.5 Å². The summed E-state index contributed by atoms with van der Waals surface area (Å²) in [5.41, 5.74) is 1.37. The minimum absolute atomic E-state index is 0.582. The summed E-state index contributed by atoms with van der Waals surface area (Å²) in [6, 6.07) is 9.06. The van der Waals surface area contributed by atoms with Gasteiger partial charge in [-0.25, -0.2) is 0 Å². The van der Waals surface area contributed by atoms with Crippen LogP contribution in [-0.2, 0) is 6.42 Å². The van der Waals surface area contributed by atoms with Crippen LogP contribution in [0.25, 0.3) is 0 Å². The molecule has 0 amide bonds. The van der Waals surface area contributed by atoms with E-state index in [9.17, 15) is 0 Å². The van der Waals surface area contributed by atoms with Gasteiger partial charge in [0.1, 0.15) is 5.75 Å². The molecule has 1 aromatic rings. The first-order valence-corrected chi connectivity index (χ1v) is 8.22. The first-order chi connectivity index (χ1) is 9.78. The van der Waals surface area contributed by atoms with Crippen molar-refractivity contribution in [3.05, 3.63) is 29.8 Å². The minimum Gasteiger partial charge on any atom is -0.493 e. The van der Waals surface area contributed by atoms with Gasteiger partial charge < -0.3 is 10.1 Å². The fraction of sp³-hybridized carbons (Fsp3) is 0.667. The van der Waals surface area contributed by atoms with Gasteiger partial charge in [-0.2, -0.15) is 0 Å². The lowest BCUT2D eigenvalue weighted by atomic mass is 9.83. The first-order valence-electron chi connectivity index (χ1n) is 8.22. The topological polar surface area (TPSA) is 21.3 Å². The van der Waals surface area contributed by atoms with Gasteiger partial charge in [-0.3, -0.25) is 0 Å². The average molecular weight is 275 g/mol. The highest BCUT2D eigenvalue weighted by Crippen LogP contribution is 2.30. The second-order valence-corrected chi connectivity index (χ2v) is 5.97. The van der Waals surface area contributed by atoms with Crippen molar-refractivity contribution in [3.63, 3.8) is 0 Å². The number of benzene rings is 1. The molecule has 2 nitrogen and oxygen atoms in total. The minimum atomic E-state index is 0.582. The summed E-state index contributed by atoms with van der Waals surface area (Å²) >= 11 is 0. The largest absolute Gasteiger partial charge is 0.493 e. The first kappa shape index (κ1) is 15.4. The van der Waals surface area contributed by atoms with Crippen molar-refractivity contribution in [2.75, 3.05) is 13.2 Å². The molecule has 0 fully saturated rings. The van der Waals surface area contributed by atoms with Crippen molar-refractivity contribution >= 4 is 0 Å². The van der Waals surface area contributed by atoms with Gasteiger partial charge in [0.2, 0.25) is 0 Å². The highest BCUT2D eigenvalue weighted by Gasteiger charge is 2.28. The Bertz CT molecular complexity index is 400. The number of fused-ring (bicyclic) bond motifs is 1. The molecule has 1 heterocycles. The zero-order chi connectivity index (χ0) is 14.4. The highest BCUT2D eigenvalue weighted by atomic mass is 16.5. The van der Waals surface area contributed by atoms with Crippen molar-refractivity contribution in [2.24, 2.45) is 11.8 Å². The Balaban J connectivity index is 2.03. The maximum atomic E-state index is 5.97. The van der Waals surface area contributed by atoms with Crippen molar-refractivity contribution in [1.29, 1.82) is 0 Å². The number of ether oxygens (including phenoxy) is 1. The van der Waals surface area contributed by atoms with E-state index in [1.165, 1.54) is 24.8 Å². The van der Waals surface area contributed by atoms with Gasteiger partial charge >= 0.3 is 0 Å². The molecular formula is C18H29NO. The molecule has 0 spiro atoms. The summed E-state index contributed by atoms with van der Waals surface area (Å²) in [6.45, 7) is 8.73. The van der Waals surface area contributed by atoms with Crippen LogP contribution in [0, 0.1) is 11.8 Å². The third kappa shape index (κ3) is 3.76. The maximum absolute atomic E-state index is 5.97. The Hall–Kier alpha value is -1.02. The van der Waals surface area contributed by atoms with Crippen LogP contribution in [0.2, 0.25) is 0 Å². The molecule has 0 bridgehead atoms. The molecule has 1 aromatic carbocycles. The van der Waals surface area contributed by atoms with Gasteiger partial charge in [0.05, 0.1) is 6.61 Å². The number of nitrogens with one attached hydrogen (secondary N) is 1. The van der Waals surface area contributed by atoms with Gasteiger partial charge in [-0.05, 0) is 36.9 Å². The second kappa shape index (κ2) is 7.68. The number of hydrogen-bond acceptors (Lipinski definition) is 2. The smallest absolute Gasteiger partial charge is 0.122 e. The molecule has 0 aromatic heterocycles. The highest BCUT2D eigenvalue weighted by molar-refractivity contribution is 5.35. The van der Waals surface area contributed by atoms with Gasteiger partial charge in [-0.1, -0.05) is 51.8 Å². The van der Waals surface area contributed by atoms with Gasteiger partial charge in [0.15, 0.2) is 0 Å². The fourth-order valence-electron chi connectivity index (χ4n) is 3.30. The van der Waals surface area contributed by atoms with Crippen LogP contribution >= 0.6 is 0 Å². The van der Waals surface area contributed by atoms with E-state index in [2.05, 4.69) is 50.4 Å². The van der Waals surface area contributed by atoms with Crippen LogP contribution in [0.3, 0.4) is 0 Å². The molecule has 112 valence electrons. The summed E-state index contributed by atoms with van der Waals surface area (Å²) < 4.78 is 5.97. The second-order valence-electron chi connectivity index (χ2n) is 5.97. The van der Waals surface area contributed by atoms with Gasteiger partial charge in [0.25, 0.3) is 0 Å². The molecule has 0 saturated heterocycles. The molecular weight excluding hydrogens is 246 g/mol. The molecule has 1 aliphatic rings. The quantitative estimate of drug-likeness (QED) is 0.811. The molecule has 2 unspecified atom stereocenters. The van der Waals surface area contributed by atoms with E-state index in [0.29, 0.717) is 12.0 Å². The molecule has 0 radical (unpaired) electrons. The summed E-state index contributed by atoms with van der Waals surface area (Å²) in [5.74, 6) is 2.52. The zero-order valence-electron chi connectivity index (χ0n) is 13.2. The van der Waals surface area contributed by atoms with E-state index in [-0.39, 0.29) is 0 Å². The lowest BCUT2D eigenvalue weighted by Crippen LogP contribution is -2.42.